The van der Waals surface area contributed by atoms with Crippen LogP contribution in [0.2, 0.25) is 0 Å². The largest absolute Gasteiger partial charge is 0.467 e. The lowest BCUT2D eigenvalue weighted by Gasteiger charge is -2.24. The Hall–Kier alpha value is -1.48. The Kier molecular flexibility index (Phi) is 4.48. The molecule has 0 spiro atoms. The second kappa shape index (κ2) is 6.11. The number of rotatable bonds is 5. The van der Waals surface area contributed by atoms with Crippen molar-refractivity contribution in [2.75, 3.05) is 11.4 Å². The molecule has 0 bridgehead atoms. The molecule has 0 atom stereocenters. The van der Waals surface area contributed by atoms with Crippen molar-refractivity contribution in [1.29, 1.82) is 0 Å². The molecule has 2 aromatic heterocycles. The molecule has 19 heavy (non-hydrogen) atoms. The van der Waals surface area contributed by atoms with Gasteiger partial charge in [-0.2, -0.15) is 0 Å². The Balaban J connectivity index is 2.37. The average molecular weight is 279 g/mol. The SMILES string of the molecule is CCN(Cc1ccco1)c1nc(C)cc(C)c1CCl. The molecule has 0 radical (unpaired) electrons. The summed E-state index contributed by atoms with van der Waals surface area (Å²) >= 11 is 6.08. The van der Waals surface area contributed by atoms with E-state index < -0.39 is 0 Å². The zero-order valence-corrected chi connectivity index (χ0v) is 12.4. The molecule has 0 aromatic carbocycles. The van der Waals surface area contributed by atoms with Crippen LogP contribution in [0.5, 0.6) is 0 Å². The van der Waals surface area contributed by atoms with Gasteiger partial charge in [-0.15, -0.1) is 11.6 Å². The first-order valence-corrected chi connectivity index (χ1v) is 6.99. The summed E-state index contributed by atoms with van der Waals surface area (Å²) in [6.07, 6.45) is 1.69. The number of alkyl halides is 1. The van der Waals surface area contributed by atoms with Crippen LogP contribution in [0.25, 0.3) is 0 Å². The number of furan rings is 1. The number of hydrogen-bond acceptors (Lipinski definition) is 3. The van der Waals surface area contributed by atoms with Crippen LogP contribution in [-0.2, 0) is 12.4 Å². The minimum atomic E-state index is 0.475. The molecule has 0 aliphatic rings. The minimum Gasteiger partial charge on any atom is -0.467 e. The van der Waals surface area contributed by atoms with Crippen LogP contribution in [0.3, 0.4) is 0 Å². The first kappa shape index (κ1) is 13.9. The van der Waals surface area contributed by atoms with E-state index in [-0.39, 0.29) is 0 Å². The van der Waals surface area contributed by atoms with Crippen LogP contribution in [-0.4, -0.2) is 11.5 Å². The lowest BCUT2D eigenvalue weighted by molar-refractivity contribution is 0.502. The summed E-state index contributed by atoms with van der Waals surface area (Å²) < 4.78 is 5.42. The summed E-state index contributed by atoms with van der Waals surface area (Å²) in [4.78, 5) is 6.85. The molecule has 0 fully saturated rings. The maximum Gasteiger partial charge on any atom is 0.133 e. The Labute approximate surface area is 119 Å². The van der Waals surface area contributed by atoms with Gasteiger partial charge in [0.2, 0.25) is 0 Å². The Morgan fingerprint density at radius 3 is 2.74 bits per heavy atom. The Morgan fingerprint density at radius 1 is 1.37 bits per heavy atom. The van der Waals surface area contributed by atoms with E-state index in [4.69, 9.17) is 16.0 Å². The molecule has 0 saturated heterocycles. The standard InChI is InChI=1S/C15H19ClN2O/c1-4-18(10-13-6-5-7-19-13)15-14(9-16)11(2)8-12(3)17-15/h5-8H,4,9-10H2,1-3H3. The average Bonchev–Trinajstić information content (AvgIpc) is 2.88. The molecule has 0 amide bonds. The highest BCUT2D eigenvalue weighted by molar-refractivity contribution is 6.17. The first-order chi connectivity index (χ1) is 9.15. The predicted molar refractivity (Wildman–Crippen MR) is 78.7 cm³/mol. The summed E-state index contributed by atoms with van der Waals surface area (Å²) in [7, 11) is 0. The molecule has 102 valence electrons. The summed E-state index contributed by atoms with van der Waals surface area (Å²) in [5.74, 6) is 2.37. The molecule has 0 saturated carbocycles. The van der Waals surface area contributed by atoms with Crippen LogP contribution in [0, 0.1) is 13.8 Å². The minimum absolute atomic E-state index is 0.475. The summed E-state index contributed by atoms with van der Waals surface area (Å²) in [6.45, 7) is 7.77. The van der Waals surface area contributed by atoms with E-state index in [0.717, 1.165) is 29.4 Å². The van der Waals surface area contributed by atoms with E-state index in [1.807, 2.05) is 19.1 Å². The lowest BCUT2D eigenvalue weighted by Crippen LogP contribution is -2.24. The molecule has 0 N–H and O–H groups in total. The van der Waals surface area contributed by atoms with E-state index in [9.17, 15) is 0 Å². The second-order valence-corrected chi connectivity index (χ2v) is 4.88. The van der Waals surface area contributed by atoms with Gasteiger partial charge >= 0.3 is 0 Å². The normalized spacial score (nSPS) is 10.7. The maximum atomic E-state index is 6.08. The van der Waals surface area contributed by atoms with Gasteiger partial charge in [-0.1, -0.05) is 0 Å². The quantitative estimate of drug-likeness (QED) is 0.773. The molecule has 2 aromatic rings. The predicted octanol–water partition coefficient (Wildman–Crippen LogP) is 4.06. The number of halogens is 1. The Bertz CT molecular complexity index is 537. The van der Waals surface area contributed by atoms with E-state index in [2.05, 4.69) is 29.8 Å². The van der Waals surface area contributed by atoms with Gasteiger partial charge in [0.05, 0.1) is 18.7 Å². The molecule has 4 heteroatoms. The smallest absolute Gasteiger partial charge is 0.133 e. The van der Waals surface area contributed by atoms with Gasteiger partial charge in [0.1, 0.15) is 11.6 Å². The third-order valence-electron chi connectivity index (χ3n) is 3.20. The third kappa shape index (κ3) is 3.10. The van der Waals surface area contributed by atoms with Crippen LogP contribution >= 0.6 is 11.6 Å². The molecule has 0 aliphatic carbocycles. The van der Waals surface area contributed by atoms with Crippen LogP contribution < -0.4 is 4.90 Å². The highest BCUT2D eigenvalue weighted by atomic mass is 35.5. The fraction of sp³-hybridized carbons (Fsp3) is 0.400. The van der Waals surface area contributed by atoms with Crippen LogP contribution in [0.1, 0.15) is 29.5 Å². The van der Waals surface area contributed by atoms with Crippen LogP contribution in [0.15, 0.2) is 28.9 Å². The lowest BCUT2D eigenvalue weighted by atomic mass is 10.1. The molecule has 0 aliphatic heterocycles. The van der Waals surface area contributed by atoms with Gasteiger partial charge in [-0.3, -0.25) is 0 Å². The summed E-state index contributed by atoms with van der Waals surface area (Å²) in [5, 5.41) is 0. The van der Waals surface area contributed by atoms with E-state index in [0.29, 0.717) is 12.4 Å². The monoisotopic (exact) mass is 278 g/mol. The maximum absolute atomic E-state index is 6.08. The number of nitrogens with zero attached hydrogens (tertiary/aromatic N) is 2. The van der Waals surface area contributed by atoms with Crippen molar-refractivity contribution in [2.45, 2.75) is 33.2 Å². The van der Waals surface area contributed by atoms with Gasteiger partial charge < -0.3 is 9.32 Å². The molecule has 3 nitrogen and oxygen atoms in total. The number of aryl methyl sites for hydroxylation is 2. The van der Waals surface area contributed by atoms with Gasteiger partial charge in [0.15, 0.2) is 0 Å². The highest BCUT2D eigenvalue weighted by Crippen LogP contribution is 2.25. The van der Waals surface area contributed by atoms with Gasteiger partial charge in [-0.25, -0.2) is 4.98 Å². The molecule has 0 unspecified atom stereocenters. The molecule has 2 heterocycles. The highest BCUT2D eigenvalue weighted by Gasteiger charge is 2.15. The van der Waals surface area contributed by atoms with Crippen molar-refractivity contribution < 1.29 is 4.42 Å². The van der Waals surface area contributed by atoms with Gasteiger partial charge in [0.25, 0.3) is 0 Å². The van der Waals surface area contributed by atoms with Crippen LogP contribution in [0.4, 0.5) is 5.82 Å². The molecule has 2 rings (SSSR count). The van der Waals surface area contributed by atoms with Crippen molar-refractivity contribution >= 4 is 17.4 Å². The van der Waals surface area contributed by atoms with Crippen molar-refractivity contribution in [3.05, 3.63) is 47.0 Å². The summed E-state index contributed by atoms with van der Waals surface area (Å²) in [6, 6.07) is 5.95. The van der Waals surface area contributed by atoms with E-state index in [1.165, 1.54) is 5.56 Å². The number of anilines is 1. The second-order valence-electron chi connectivity index (χ2n) is 4.61. The zero-order valence-electron chi connectivity index (χ0n) is 11.6. The zero-order chi connectivity index (χ0) is 13.8. The van der Waals surface area contributed by atoms with Crippen molar-refractivity contribution in [2.24, 2.45) is 0 Å². The Morgan fingerprint density at radius 2 is 2.16 bits per heavy atom. The fourth-order valence-corrected chi connectivity index (χ4v) is 2.53. The number of aromatic nitrogens is 1. The number of hydrogen-bond donors (Lipinski definition) is 0. The summed E-state index contributed by atoms with van der Waals surface area (Å²) in [5.41, 5.74) is 3.30. The fourth-order valence-electron chi connectivity index (χ4n) is 2.20. The topological polar surface area (TPSA) is 29.3 Å². The first-order valence-electron chi connectivity index (χ1n) is 6.46. The van der Waals surface area contributed by atoms with Gasteiger partial charge in [0, 0.05) is 17.8 Å². The molecular formula is C15H19ClN2O. The van der Waals surface area contributed by atoms with Crippen molar-refractivity contribution in [3.63, 3.8) is 0 Å². The van der Waals surface area contributed by atoms with E-state index >= 15 is 0 Å². The van der Waals surface area contributed by atoms with Crippen molar-refractivity contribution in [1.82, 2.24) is 4.98 Å². The van der Waals surface area contributed by atoms with Gasteiger partial charge in [-0.05, 0) is 44.5 Å². The van der Waals surface area contributed by atoms with Crippen molar-refractivity contribution in [3.8, 4) is 0 Å². The number of pyridine rings is 1. The molecular weight excluding hydrogens is 260 g/mol. The van der Waals surface area contributed by atoms with E-state index in [1.54, 1.807) is 6.26 Å². The third-order valence-corrected chi connectivity index (χ3v) is 3.46.